The van der Waals surface area contributed by atoms with Crippen molar-refractivity contribution >= 4 is 5.91 Å². The molecule has 1 fully saturated rings. The molecule has 3 aromatic rings. The molecular weight excluding hydrogens is 444 g/mol. The van der Waals surface area contributed by atoms with Crippen LogP contribution in [-0.4, -0.2) is 58.5 Å². The van der Waals surface area contributed by atoms with Crippen LogP contribution in [0.15, 0.2) is 42.5 Å². The first kappa shape index (κ1) is 23.7. The molecule has 0 aliphatic carbocycles. The minimum Gasteiger partial charge on any atom is -0.474 e. The van der Waals surface area contributed by atoms with Gasteiger partial charge in [0.2, 0.25) is 5.88 Å². The van der Waals surface area contributed by atoms with Gasteiger partial charge in [0, 0.05) is 42.6 Å². The summed E-state index contributed by atoms with van der Waals surface area (Å²) in [6.07, 6.45) is -3.23. The van der Waals surface area contributed by atoms with Crippen LogP contribution in [0.25, 0.3) is 11.3 Å². The molecule has 34 heavy (non-hydrogen) atoms. The first-order valence-electron chi connectivity index (χ1n) is 11.0. The highest BCUT2D eigenvalue weighted by Gasteiger charge is 2.33. The summed E-state index contributed by atoms with van der Waals surface area (Å²) >= 11 is 0. The number of H-pyrrole nitrogens is 1. The van der Waals surface area contributed by atoms with Gasteiger partial charge in [-0.2, -0.15) is 8.78 Å². The van der Waals surface area contributed by atoms with Crippen LogP contribution in [0.2, 0.25) is 0 Å². The van der Waals surface area contributed by atoms with Gasteiger partial charge in [0.1, 0.15) is 12.4 Å². The van der Waals surface area contributed by atoms with Crippen molar-refractivity contribution in [3.05, 3.63) is 64.7 Å². The van der Waals surface area contributed by atoms with Crippen LogP contribution >= 0.6 is 0 Å². The van der Waals surface area contributed by atoms with E-state index in [9.17, 15) is 13.6 Å². The van der Waals surface area contributed by atoms with Gasteiger partial charge in [-0.3, -0.25) is 9.89 Å². The second-order valence-electron chi connectivity index (χ2n) is 8.52. The van der Waals surface area contributed by atoms with Crippen LogP contribution < -0.4 is 9.47 Å². The number of aromatic nitrogens is 2. The number of rotatable bonds is 8. The number of aryl methyl sites for hydroxylation is 1. The smallest absolute Gasteiger partial charge is 0.394 e. The lowest BCUT2D eigenvalue weighted by molar-refractivity contribution is -0.158. The number of aromatic amines is 1. The maximum absolute atomic E-state index is 13.1. The molecule has 2 N–H and O–H groups in total. The lowest BCUT2D eigenvalue weighted by Gasteiger charge is -2.39. The summed E-state index contributed by atoms with van der Waals surface area (Å²) in [5.74, 6) is 0.600. The molecule has 7 nitrogen and oxygen atoms in total. The molecule has 9 heteroatoms. The summed E-state index contributed by atoms with van der Waals surface area (Å²) in [6, 6.07) is 12.1. The molecule has 1 saturated heterocycles. The molecule has 2 aromatic carbocycles. The standard InChI is InChI=1S/C25H27F2N3O4/c1-15-4-5-18(12-21(15)22-16(2)23(29-28-22)33-11-10-31)24(32)30-13-19(14-30)17-6-8-20(9-7-17)34-25(3,26)27/h4-9,12,19,31H,10-11,13-14H2,1-3H3,(H,28,29). The molecule has 1 aliphatic heterocycles. The number of ether oxygens (including phenoxy) is 2. The fourth-order valence-corrected chi connectivity index (χ4v) is 4.00. The number of likely N-dealkylation sites (tertiary alicyclic amines) is 1. The number of carbonyl (C=O) groups excluding carboxylic acids is 1. The second-order valence-corrected chi connectivity index (χ2v) is 8.52. The normalized spacial score (nSPS) is 14.1. The summed E-state index contributed by atoms with van der Waals surface area (Å²) in [7, 11) is 0. The molecule has 0 radical (unpaired) electrons. The van der Waals surface area contributed by atoms with E-state index in [1.165, 1.54) is 12.1 Å². The average molecular weight is 472 g/mol. The predicted molar refractivity (Wildman–Crippen MR) is 122 cm³/mol. The Kier molecular flexibility index (Phi) is 6.56. The molecule has 1 aromatic heterocycles. The predicted octanol–water partition coefficient (Wildman–Crippen LogP) is 4.30. The van der Waals surface area contributed by atoms with E-state index in [-0.39, 0.29) is 30.8 Å². The van der Waals surface area contributed by atoms with Crippen molar-refractivity contribution in [1.29, 1.82) is 0 Å². The number of nitrogens with one attached hydrogen (secondary N) is 1. The summed E-state index contributed by atoms with van der Waals surface area (Å²) < 4.78 is 36.0. The summed E-state index contributed by atoms with van der Waals surface area (Å²) in [6.45, 7) is 5.68. The van der Waals surface area contributed by atoms with E-state index in [0.29, 0.717) is 31.5 Å². The van der Waals surface area contributed by atoms with Crippen molar-refractivity contribution in [3.63, 3.8) is 0 Å². The number of aliphatic hydroxyl groups excluding tert-OH is 1. The molecule has 0 bridgehead atoms. The number of aliphatic hydroxyl groups is 1. The number of nitrogens with zero attached hydrogens (tertiary/aromatic N) is 2. The van der Waals surface area contributed by atoms with Crippen molar-refractivity contribution in [2.24, 2.45) is 0 Å². The fourth-order valence-electron chi connectivity index (χ4n) is 4.00. The quantitative estimate of drug-likeness (QED) is 0.512. The lowest BCUT2D eigenvalue weighted by Crippen LogP contribution is -2.48. The van der Waals surface area contributed by atoms with E-state index in [4.69, 9.17) is 9.84 Å². The van der Waals surface area contributed by atoms with E-state index in [1.54, 1.807) is 23.1 Å². The SMILES string of the molecule is Cc1ccc(C(=O)N2CC(c3ccc(OC(C)(F)F)cc3)C2)cc1-c1[nH]nc(OCCO)c1C. The molecule has 4 rings (SSSR count). The van der Waals surface area contributed by atoms with Gasteiger partial charge < -0.3 is 19.5 Å². The largest absolute Gasteiger partial charge is 0.474 e. The third-order valence-electron chi connectivity index (χ3n) is 5.87. The highest BCUT2D eigenvalue weighted by molar-refractivity contribution is 5.96. The molecule has 1 aliphatic rings. The third-order valence-corrected chi connectivity index (χ3v) is 5.87. The van der Waals surface area contributed by atoms with Gasteiger partial charge in [0.15, 0.2) is 0 Å². The molecule has 0 saturated carbocycles. The van der Waals surface area contributed by atoms with Crippen LogP contribution in [-0.2, 0) is 0 Å². The maximum Gasteiger partial charge on any atom is 0.394 e. The van der Waals surface area contributed by atoms with Gasteiger partial charge in [-0.1, -0.05) is 18.2 Å². The van der Waals surface area contributed by atoms with Crippen molar-refractivity contribution in [2.75, 3.05) is 26.3 Å². The fraction of sp³-hybridized carbons (Fsp3) is 0.360. The van der Waals surface area contributed by atoms with E-state index in [2.05, 4.69) is 14.9 Å². The number of alkyl halides is 2. The monoisotopic (exact) mass is 471 g/mol. The second kappa shape index (κ2) is 9.42. The Morgan fingerprint density at radius 3 is 2.56 bits per heavy atom. The molecular formula is C25H27F2N3O4. The Morgan fingerprint density at radius 1 is 1.21 bits per heavy atom. The number of hydrogen-bond acceptors (Lipinski definition) is 5. The van der Waals surface area contributed by atoms with Crippen molar-refractivity contribution < 1.29 is 28.2 Å². The van der Waals surface area contributed by atoms with Gasteiger partial charge in [0.05, 0.1) is 12.3 Å². The summed E-state index contributed by atoms with van der Waals surface area (Å²) in [5, 5.41) is 16.1. The van der Waals surface area contributed by atoms with Crippen LogP contribution in [0, 0.1) is 13.8 Å². The number of amides is 1. The Hall–Kier alpha value is -3.46. The van der Waals surface area contributed by atoms with Crippen molar-refractivity contribution in [1.82, 2.24) is 15.1 Å². The Bertz CT molecular complexity index is 1170. The topological polar surface area (TPSA) is 87.7 Å². The zero-order valence-electron chi connectivity index (χ0n) is 19.3. The van der Waals surface area contributed by atoms with Gasteiger partial charge in [-0.15, -0.1) is 5.10 Å². The minimum absolute atomic E-state index is 0.0722. The molecule has 0 atom stereocenters. The summed E-state index contributed by atoms with van der Waals surface area (Å²) in [4.78, 5) is 14.8. The zero-order valence-corrected chi connectivity index (χ0v) is 19.3. The van der Waals surface area contributed by atoms with Crippen LogP contribution in [0.3, 0.4) is 0 Å². The molecule has 0 spiro atoms. The first-order chi connectivity index (χ1) is 16.2. The van der Waals surface area contributed by atoms with E-state index >= 15 is 0 Å². The van der Waals surface area contributed by atoms with E-state index in [0.717, 1.165) is 27.9 Å². The number of halogens is 2. The Morgan fingerprint density at radius 2 is 1.91 bits per heavy atom. The first-order valence-corrected chi connectivity index (χ1v) is 11.0. The van der Waals surface area contributed by atoms with Gasteiger partial charge in [-0.25, -0.2) is 0 Å². The Balaban J connectivity index is 1.43. The van der Waals surface area contributed by atoms with Crippen molar-refractivity contribution in [3.8, 4) is 22.9 Å². The minimum atomic E-state index is -3.23. The lowest BCUT2D eigenvalue weighted by atomic mass is 9.90. The molecule has 0 unspecified atom stereocenters. The Labute approximate surface area is 196 Å². The molecule has 1 amide bonds. The van der Waals surface area contributed by atoms with Crippen molar-refractivity contribution in [2.45, 2.75) is 32.8 Å². The van der Waals surface area contributed by atoms with Gasteiger partial charge >= 0.3 is 6.11 Å². The number of carbonyl (C=O) groups is 1. The molecule has 180 valence electrons. The zero-order chi connectivity index (χ0) is 24.5. The molecule has 2 heterocycles. The summed E-state index contributed by atoms with van der Waals surface area (Å²) in [5.41, 5.74) is 4.96. The number of benzene rings is 2. The maximum atomic E-state index is 13.1. The average Bonchev–Trinajstić information content (AvgIpc) is 3.11. The van der Waals surface area contributed by atoms with E-state index in [1.807, 2.05) is 26.0 Å². The van der Waals surface area contributed by atoms with Crippen LogP contribution in [0.1, 0.15) is 39.9 Å². The van der Waals surface area contributed by atoms with Crippen LogP contribution in [0.5, 0.6) is 11.6 Å². The third kappa shape index (κ3) is 5.04. The van der Waals surface area contributed by atoms with Crippen LogP contribution in [0.4, 0.5) is 8.78 Å². The van der Waals surface area contributed by atoms with Gasteiger partial charge in [-0.05, 0) is 49.2 Å². The van der Waals surface area contributed by atoms with Gasteiger partial charge in [0.25, 0.3) is 5.91 Å². The number of hydrogen-bond donors (Lipinski definition) is 2. The van der Waals surface area contributed by atoms with E-state index < -0.39 is 6.11 Å². The highest BCUT2D eigenvalue weighted by Crippen LogP contribution is 2.33. The highest BCUT2D eigenvalue weighted by atomic mass is 19.3.